The van der Waals surface area contributed by atoms with Crippen LogP contribution >= 0.6 is 0 Å². The van der Waals surface area contributed by atoms with E-state index in [0.717, 1.165) is 0 Å². The van der Waals surface area contributed by atoms with Gasteiger partial charge in [-0.15, -0.1) is 0 Å². The van der Waals surface area contributed by atoms with E-state index in [1.54, 1.807) is 6.92 Å². The van der Waals surface area contributed by atoms with Gasteiger partial charge >= 0.3 is 0 Å². The van der Waals surface area contributed by atoms with Crippen molar-refractivity contribution in [2.24, 2.45) is 0 Å². The fourth-order valence-corrected chi connectivity index (χ4v) is 0.377. The largest absolute Gasteiger partial charge is 0.473 e. The van der Waals surface area contributed by atoms with Crippen molar-refractivity contribution in [3.05, 3.63) is 12.3 Å². The standard InChI is InChI=1S/C7H14O4/c1-7(2)10-6-9-4-5-11-8-3/h1,4-6H2,2-3H3. The average molecular weight is 162 g/mol. The van der Waals surface area contributed by atoms with Crippen molar-refractivity contribution < 1.29 is 19.2 Å². The molecule has 4 heteroatoms. The Morgan fingerprint density at radius 2 is 2.09 bits per heavy atom. The Labute approximate surface area is 66.6 Å². The van der Waals surface area contributed by atoms with E-state index in [1.807, 2.05) is 0 Å². The topological polar surface area (TPSA) is 36.9 Å². The number of ether oxygens (including phenoxy) is 2. The van der Waals surface area contributed by atoms with Crippen LogP contribution in [0.2, 0.25) is 0 Å². The Morgan fingerprint density at radius 1 is 1.36 bits per heavy atom. The molecule has 0 saturated heterocycles. The third-order valence-corrected chi connectivity index (χ3v) is 0.818. The summed E-state index contributed by atoms with van der Waals surface area (Å²) in [5.41, 5.74) is 0. The second-order valence-electron chi connectivity index (χ2n) is 1.86. The summed E-state index contributed by atoms with van der Waals surface area (Å²) in [4.78, 5) is 8.87. The molecule has 0 bridgehead atoms. The summed E-state index contributed by atoms with van der Waals surface area (Å²) in [5, 5.41) is 0. The Bertz CT molecular complexity index is 103. The number of rotatable bonds is 7. The molecule has 0 aliphatic heterocycles. The molecule has 0 rings (SSSR count). The van der Waals surface area contributed by atoms with Gasteiger partial charge in [-0.3, -0.25) is 0 Å². The zero-order valence-electron chi connectivity index (χ0n) is 6.96. The van der Waals surface area contributed by atoms with Gasteiger partial charge < -0.3 is 9.47 Å². The molecule has 0 aromatic rings. The van der Waals surface area contributed by atoms with E-state index in [0.29, 0.717) is 19.0 Å². The minimum absolute atomic E-state index is 0.211. The molecule has 0 aliphatic rings. The zero-order valence-corrected chi connectivity index (χ0v) is 6.96. The number of hydrogen-bond donors (Lipinski definition) is 0. The Hall–Kier alpha value is -0.580. The Morgan fingerprint density at radius 3 is 2.64 bits per heavy atom. The maximum Gasteiger partial charge on any atom is 0.188 e. The third-order valence-electron chi connectivity index (χ3n) is 0.818. The lowest BCUT2D eigenvalue weighted by Gasteiger charge is -2.05. The van der Waals surface area contributed by atoms with Crippen LogP contribution in [-0.4, -0.2) is 27.1 Å². The molecule has 0 aromatic carbocycles. The van der Waals surface area contributed by atoms with Crippen molar-refractivity contribution in [3.8, 4) is 0 Å². The van der Waals surface area contributed by atoms with Crippen LogP contribution in [0, 0.1) is 0 Å². The van der Waals surface area contributed by atoms with E-state index in [2.05, 4.69) is 16.4 Å². The van der Waals surface area contributed by atoms with Crippen LogP contribution < -0.4 is 0 Å². The molecule has 0 saturated carbocycles. The third kappa shape index (κ3) is 9.42. The molecule has 0 spiro atoms. The first kappa shape index (κ1) is 10.4. The molecule has 66 valence electrons. The van der Waals surface area contributed by atoms with Crippen molar-refractivity contribution in [2.45, 2.75) is 6.92 Å². The molecule has 4 nitrogen and oxygen atoms in total. The predicted octanol–water partition coefficient (Wildman–Crippen LogP) is 1.09. The van der Waals surface area contributed by atoms with Crippen LogP contribution in [0.3, 0.4) is 0 Å². The molecule has 0 N–H and O–H groups in total. The van der Waals surface area contributed by atoms with Crippen molar-refractivity contribution >= 4 is 0 Å². The van der Waals surface area contributed by atoms with E-state index in [9.17, 15) is 0 Å². The Kier molecular flexibility index (Phi) is 7.13. The van der Waals surface area contributed by atoms with Gasteiger partial charge in [-0.1, -0.05) is 6.58 Å². The van der Waals surface area contributed by atoms with Crippen LogP contribution in [0.1, 0.15) is 6.92 Å². The summed E-state index contributed by atoms with van der Waals surface area (Å²) < 4.78 is 9.87. The molecule has 0 amide bonds. The fraction of sp³-hybridized carbons (Fsp3) is 0.714. The van der Waals surface area contributed by atoms with Crippen LogP contribution in [-0.2, 0) is 19.2 Å². The van der Waals surface area contributed by atoms with Gasteiger partial charge in [-0.05, 0) is 6.92 Å². The van der Waals surface area contributed by atoms with Gasteiger partial charge in [0.25, 0.3) is 0 Å². The summed E-state index contributed by atoms with van der Waals surface area (Å²) >= 11 is 0. The van der Waals surface area contributed by atoms with E-state index < -0.39 is 0 Å². The van der Waals surface area contributed by atoms with Crippen LogP contribution in [0.4, 0.5) is 0 Å². The number of allylic oxidation sites excluding steroid dienone is 1. The van der Waals surface area contributed by atoms with Crippen molar-refractivity contribution in [1.82, 2.24) is 0 Å². The highest BCUT2D eigenvalue weighted by Crippen LogP contribution is 1.89. The minimum Gasteiger partial charge on any atom is -0.473 e. The molecule has 0 heterocycles. The highest BCUT2D eigenvalue weighted by molar-refractivity contribution is 4.72. The first-order valence-corrected chi connectivity index (χ1v) is 3.29. The highest BCUT2D eigenvalue weighted by atomic mass is 17.2. The maximum atomic E-state index is 4.96. The quantitative estimate of drug-likeness (QED) is 0.184. The lowest BCUT2D eigenvalue weighted by Crippen LogP contribution is -2.05. The first-order valence-electron chi connectivity index (χ1n) is 3.29. The summed E-state index contributed by atoms with van der Waals surface area (Å²) in [6, 6.07) is 0. The van der Waals surface area contributed by atoms with Crippen LogP contribution in [0.5, 0.6) is 0 Å². The molecule has 0 unspecified atom stereocenters. The lowest BCUT2D eigenvalue weighted by atomic mass is 10.7. The summed E-state index contributed by atoms with van der Waals surface area (Å²) in [6.45, 7) is 6.35. The first-order chi connectivity index (χ1) is 5.27. The highest BCUT2D eigenvalue weighted by Gasteiger charge is 1.88. The van der Waals surface area contributed by atoms with E-state index in [-0.39, 0.29) is 6.79 Å². The molecule has 11 heavy (non-hydrogen) atoms. The predicted molar refractivity (Wildman–Crippen MR) is 39.7 cm³/mol. The number of hydrogen-bond acceptors (Lipinski definition) is 4. The van der Waals surface area contributed by atoms with Gasteiger partial charge in [-0.25, -0.2) is 9.78 Å². The second kappa shape index (κ2) is 7.53. The van der Waals surface area contributed by atoms with Crippen LogP contribution in [0.25, 0.3) is 0 Å². The summed E-state index contributed by atoms with van der Waals surface area (Å²) in [6.07, 6.45) is 0. The molecular weight excluding hydrogens is 148 g/mol. The summed E-state index contributed by atoms with van der Waals surface area (Å²) in [7, 11) is 1.45. The zero-order chi connectivity index (χ0) is 8.53. The van der Waals surface area contributed by atoms with Gasteiger partial charge in [0, 0.05) is 0 Å². The molecular formula is C7H14O4. The van der Waals surface area contributed by atoms with Crippen LogP contribution in [0.15, 0.2) is 12.3 Å². The van der Waals surface area contributed by atoms with E-state index >= 15 is 0 Å². The smallest absolute Gasteiger partial charge is 0.188 e. The lowest BCUT2D eigenvalue weighted by molar-refractivity contribution is -0.279. The van der Waals surface area contributed by atoms with Crippen molar-refractivity contribution in [2.75, 3.05) is 27.1 Å². The molecule has 0 atom stereocenters. The molecule has 0 fully saturated rings. The van der Waals surface area contributed by atoms with Crippen molar-refractivity contribution in [1.29, 1.82) is 0 Å². The van der Waals surface area contributed by atoms with E-state index in [1.165, 1.54) is 7.11 Å². The SMILES string of the molecule is C=C(C)OCOCCOOC. The van der Waals surface area contributed by atoms with Gasteiger partial charge in [0.1, 0.15) is 6.61 Å². The van der Waals surface area contributed by atoms with Gasteiger partial charge in [0.15, 0.2) is 6.79 Å². The molecule has 0 aromatic heterocycles. The van der Waals surface area contributed by atoms with E-state index in [4.69, 9.17) is 9.47 Å². The monoisotopic (exact) mass is 162 g/mol. The molecule has 0 radical (unpaired) electrons. The molecule has 0 aliphatic carbocycles. The second-order valence-corrected chi connectivity index (χ2v) is 1.86. The van der Waals surface area contributed by atoms with Gasteiger partial charge in [0.2, 0.25) is 0 Å². The minimum atomic E-state index is 0.211. The fourth-order valence-electron chi connectivity index (χ4n) is 0.377. The van der Waals surface area contributed by atoms with Crippen molar-refractivity contribution in [3.63, 3.8) is 0 Å². The van der Waals surface area contributed by atoms with Gasteiger partial charge in [0.05, 0.1) is 19.5 Å². The maximum absolute atomic E-state index is 4.96. The Balaban J connectivity index is 2.85. The van der Waals surface area contributed by atoms with Gasteiger partial charge in [-0.2, -0.15) is 0 Å². The normalized spacial score (nSPS) is 9.64. The summed E-state index contributed by atoms with van der Waals surface area (Å²) in [5.74, 6) is 0.637. The average Bonchev–Trinajstić information content (AvgIpc) is 1.96.